The van der Waals surface area contributed by atoms with Gasteiger partial charge in [0.25, 0.3) is 5.91 Å². The van der Waals surface area contributed by atoms with Gasteiger partial charge in [0, 0.05) is 17.1 Å². The number of nitrogens with zero attached hydrogens (tertiary/aromatic N) is 1. The summed E-state index contributed by atoms with van der Waals surface area (Å²) in [7, 11) is 0. The first-order chi connectivity index (χ1) is 9.54. The second kappa shape index (κ2) is 6.39. The third-order valence-electron chi connectivity index (χ3n) is 2.87. The van der Waals surface area contributed by atoms with Crippen LogP contribution in [0.1, 0.15) is 22.8 Å². The maximum atomic E-state index is 12.0. The Morgan fingerprint density at radius 3 is 2.70 bits per heavy atom. The molecule has 1 aromatic carbocycles. The predicted octanol–water partition coefficient (Wildman–Crippen LogP) is 2.33. The minimum Gasteiger partial charge on any atom is -0.619 e. The summed E-state index contributed by atoms with van der Waals surface area (Å²) in [5.74, 6) is -0.253. The molecule has 0 aliphatic rings. The Balaban J connectivity index is 1.95. The first kappa shape index (κ1) is 14.3. The molecule has 0 fully saturated rings. The van der Waals surface area contributed by atoms with Crippen molar-refractivity contribution in [1.82, 2.24) is 5.32 Å². The van der Waals surface area contributed by atoms with E-state index in [1.165, 1.54) is 12.4 Å². The van der Waals surface area contributed by atoms with Gasteiger partial charge < -0.3 is 10.5 Å². The number of amides is 1. The van der Waals surface area contributed by atoms with Gasteiger partial charge in [0.05, 0.1) is 0 Å². The number of hydrogen-bond acceptors (Lipinski definition) is 2. The van der Waals surface area contributed by atoms with Gasteiger partial charge in [-0.15, -0.1) is 0 Å². The van der Waals surface area contributed by atoms with E-state index in [0.717, 1.165) is 5.56 Å². The van der Waals surface area contributed by atoms with Crippen molar-refractivity contribution in [2.75, 3.05) is 0 Å². The average Bonchev–Trinajstić information content (AvgIpc) is 2.41. The molecule has 1 aromatic heterocycles. The quantitative estimate of drug-likeness (QED) is 0.694. The van der Waals surface area contributed by atoms with Gasteiger partial charge in [-0.3, -0.25) is 4.79 Å². The van der Waals surface area contributed by atoms with Crippen molar-refractivity contribution in [2.24, 2.45) is 0 Å². The molecule has 0 saturated carbocycles. The van der Waals surface area contributed by atoms with E-state index in [4.69, 9.17) is 11.6 Å². The lowest BCUT2D eigenvalue weighted by molar-refractivity contribution is -0.605. The average molecular weight is 291 g/mol. The smallest absolute Gasteiger partial charge is 0.257 e. The summed E-state index contributed by atoms with van der Waals surface area (Å²) in [4.78, 5) is 12.0. The second-order valence-electron chi connectivity index (χ2n) is 4.66. The SMILES string of the molecule is C[C@@H](Cc1ccc(Cl)cc1)NC(=O)c1ccc[n+]([O-])c1. The zero-order valence-electron chi connectivity index (χ0n) is 11.0. The maximum absolute atomic E-state index is 12.0. The first-order valence-corrected chi connectivity index (χ1v) is 6.66. The molecule has 20 heavy (non-hydrogen) atoms. The van der Waals surface area contributed by atoms with Crippen LogP contribution in [0.25, 0.3) is 0 Å². The molecule has 1 N–H and O–H groups in total. The lowest BCUT2D eigenvalue weighted by Gasteiger charge is -2.13. The normalized spacial score (nSPS) is 11.9. The zero-order valence-corrected chi connectivity index (χ0v) is 11.8. The highest BCUT2D eigenvalue weighted by Gasteiger charge is 2.12. The molecule has 5 heteroatoms. The zero-order chi connectivity index (χ0) is 14.5. The maximum Gasteiger partial charge on any atom is 0.257 e. The van der Waals surface area contributed by atoms with Gasteiger partial charge in [0.15, 0.2) is 12.4 Å². The highest BCUT2D eigenvalue weighted by molar-refractivity contribution is 6.30. The van der Waals surface area contributed by atoms with Crippen LogP contribution in [-0.4, -0.2) is 11.9 Å². The van der Waals surface area contributed by atoms with Crippen LogP contribution in [0.5, 0.6) is 0 Å². The van der Waals surface area contributed by atoms with E-state index in [9.17, 15) is 10.0 Å². The third-order valence-corrected chi connectivity index (χ3v) is 3.12. The molecule has 104 valence electrons. The van der Waals surface area contributed by atoms with E-state index in [0.29, 0.717) is 21.7 Å². The van der Waals surface area contributed by atoms with Crippen molar-refractivity contribution >= 4 is 17.5 Å². The molecular formula is C15H15ClN2O2. The fourth-order valence-electron chi connectivity index (χ4n) is 1.92. The second-order valence-corrected chi connectivity index (χ2v) is 5.09. The number of aromatic nitrogens is 1. The Labute approximate surface area is 122 Å². The Morgan fingerprint density at radius 1 is 1.35 bits per heavy atom. The molecule has 0 radical (unpaired) electrons. The van der Waals surface area contributed by atoms with Gasteiger partial charge >= 0.3 is 0 Å². The number of carbonyl (C=O) groups excluding carboxylic acids is 1. The van der Waals surface area contributed by atoms with Gasteiger partial charge in [-0.05, 0) is 37.1 Å². The van der Waals surface area contributed by atoms with Gasteiger partial charge in [0.1, 0.15) is 5.56 Å². The molecule has 2 rings (SSSR count). The number of rotatable bonds is 4. The van der Waals surface area contributed by atoms with Crippen molar-refractivity contribution < 1.29 is 9.52 Å². The highest BCUT2D eigenvalue weighted by Crippen LogP contribution is 2.11. The number of carbonyl (C=O) groups is 1. The summed E-state index contributed by atoms with van der Waals surface area (Å²) in [6.45, 7) is 1.92. The van der Waals surface area contributed by atoms with Crippen LogP contribution in [0.15, 0.2) is 48.8 Å². The van der Waals surface area contributed by atoms with Crippen LogP contribution >= 0.6 is 11.6 Å². The van der Waals surface area contributed by atoms with E-state index in [-0.39, 0.29) is 11.9 Å². The van der Waals surface area contributed by atoms with Crippen LogP contribution in [0.3, 0.4) is 0 Å². The Bertz CT molecular complexity index is 599. The van der Waals surface area contributed by atoms with Crippen LogP contribution in [0.2, 0.25) is 5.02 Å². The van der Waals surface area contributed by atoms with Crippen molar-refractivity contribution in [3.8, 4) is 0 Å². The van der Waals surface area contributed by atoms with E-state index in [2.05, 4.69) is 5.32 Å². The molecule has 0 aliphatic heterocycles. The number of benzene rings is 1. The molecule has 0 spiro atoms. The Hall–Kier alpha value is -2.07. The summed E-state index contributed by atoms with van der Waals surface area (Å²) in [5.41, 5.74) is 1.44. The summed E-state index contributed by atoms with van der Waals surface area (Å²) in [6.07, 6.45) is 3.30. The van der Waals surface area contributed by atoms with E-state index in [1.807, 2.05) is 31.2 Å². The van der Waals surface area contributed by atoms with Crippen molar-refractivity contribution in [2.45, 2.75) is 19.4 Å². The van der Waals surface area contributed by atoms with Gasteiger partial charge in [0.2, 0.25) is 0 Å². The molecule has 1 heterocycles. The first-order valence-electron chi connectivity index (χ1n) is 6.29. The topological polar surface area (TPSA) is 56.0 Å². The highest BCUT2D eigenvalue weighted by atomic mass is 35.5. The molecule has 1 amide bonds. The number of nitrogens with one attached hydrogen (secondary N) is 1. The van der Waals surface area contributed by atoms with Crippen molar-refractivity contribution in [3.63, 3.8) is 0 Å². The van der Waals surface area contributed by atoms with Gasteiger partial charge in [-0.2, -0.15) is 4.73 Å². The van der Waals surface area contributed by atoms with E-state index in [1.54, 1.807) is 12.1 Å². The Morgan fingerprint density at radius 2 is 2.05 bits per heavy atom. The molecule has 0 bridgehead atoms. The number of hydrogen-bond donors (Lipinski definition) is 1. The van der Waals surface area contributed by atoms with Gasteiger partial charge in [-0.1, -0.05) is 23.7 Å². The fraction of sp³-hybridized carbons (Fsp3) is 0.200. The molecule has 0 unspecified atom stereocenters. The summed E-state index contributed by atoms with van der Waals surface area (Å²) < 4.78 is 0.610. The van der Waals surface area contributed by atoms with Crippen molar-refractivity contribution in [3.05, 3.63) is 70.1 Å². The minimum atomic E-state index is -0.253. The molecule has 0 saturated heterocycles. The largest absolute Gasteiger partial charge is 0.619 e. The predicted molar refractivity (Wildman–Crippen MR) is 77.5 cm³/mol. The van der Waals surface area contributed by atoms with Gasteiger partial charge in [-0.25, -0.2) is 0 Å². The third kappa shape index (κ3) is 3.96. The number of pyridine rings is 1. The summed E-state index contributed by atoms with van der Waals surface area (Å²) in [6, 6.07) is 10.6. The lowest BCUT2D eigenvalue weighted by atomic mass is 10.1. The van der Waals surface area contributed by atoms with Crippen molar-refractivity contribution in [1.29, 1.82) is 0 Å². The fourth-order valence-corrected chi connectivity index (χ4v) is 2.05. The molecular weight excluding hydrogens is 276 g/mol. The standard InChI is InChI=1S/C15H15ClN2O2/c1-11(9-12-4-6-14(16)7-5-12)17-15(19)13-3-2-8-18(20)10-13/h2-8,10-11H,9H2,1H3,(H,17,19)/t11-/m0/s1. The summed E-state index contributed by atoms with van der Waals surface area (Å²) in [5, 5.41) is 14.7. The van der Waals surface area contributed by atoms with Crippen LogP contribution in [-0.2, 0) is 6.42 Å². The molecule has 1 atom stereocenters. The Kier molecular flexibility index (Phi) is 4.58. The minimum absolute atomic E-state index is 0.0380. The molecule has 4 nitrogen and oxygen atoms in total. The summed E-state index contributed by atoms with van der Waals surface area (Å²) >= 11 is 5.83. The lowest BCUT2D eigenvalue weighted by Crippen LogP contribution is -2.36. The van der Waals surface area contributed by atoms with Crippen LogP contribution in [0.4, 0.5) is 0 Å². The molecule has 0 aliphatic carbocycles. The monoisotopic (exact) mass is 290 g/mol. The molecule has 2 aromatic rings. The van der Waals surface area contributed by atoms with E-state index < -0.39 is 0 Å². The van der Waals surface area contributed by atoms with Crippen LogP contribution < -0.4 is 10.0 Å². The van der Waals surface area contributed by atoms with Crippen LogP contribution in [0, 0.1) is 5.21 Å². The number of halogens is 1. The van der Waals surface area contributed by atoms with E-state index >= 15 is 0 Å².